The Morgan fingerprint density at radius 1 is 1.21 bits per heavy atom. The van der Waals surface area contributed by atoms with Gasteiger partial charge in [-0.2, -0.15) is 4.98 Å². The SMILES string of the molecule is O=C(Cn1cnc2nc(N3CCCCC3)sc2c1=O)Nc1cc(Cl)ccc1Cl. The zero-order chi connectivity index (χ0) is 19.7. The first-order chi connectivity index (χ1) is 13.5. The standard InChI is InChI=1S/C18H17Cl2N5O2S/c19-11-4-5-12(20)13(8-11)22-14(26)9-25-10-21-16-15(17(25)27)28-18(23-16)24-6-2-1-3-7-24/h4-5,8,10H,1-3,6-7,9H2,(H,22,26). The highest BCUT2D eigenvalue weighted by Gasteiger charge is 2.18. The van der Waals surface area contributed by atoms with E-state index in [1.807, 2.05) is 0 Å². The van der Waals surface area contributed by atoms with Crippen molar-refractivity contribution >= 4 is 61.6 Å². The summed E-state index contributed by atoms with van der Waals surface area (Å²) in [4.78, 5) is 36.1. The number of amides is 1. The van der Waals surface area contributed by atoms with Gasteiger partial charge in [0, 0.05) is 18.1 Å². The molecule has 1 saturated heterocycles. The lowest BCUT2D eigenvalue weighted by atomic mass is 10.1. The van der Waals surface area contributed by atoms with Gasteiger partial charge in [-0.1, -0.05) is 34.5 Å². The average molecular weight is 438 g/mol. The molecule has 0 bridgehead atoms. The molecule has 1 aromatic carbocycles. The molecule has 0 unspecified atom stereocenters. The van der Waals surface area contributed by atoms with Crippen molar-refractivity contribution < 1.29 is 4.79 Å². The van der Waals surface area contributed by atoms with E-state index in [1.165, 1.54) is 28.7 Å². The van der Waals surface area contributed by atoms with Crippen LogP contribution in [0.2, 0.25) is 10.0 Å². The highest BCUT2D eigenvalue weighted by atomic mass is 35.5. The van der Waals surface area contributed by atoms with Crippen molar-refractivity contribution in [1.82, 2.24) is 14.5 Å². The van der Waals surface area contributed by atoms with E-state index in [0.717, 1.165) is 31.1 Å². The number of nitrogens with zero attached hydrogens (tertiary/aromatic N) is 4. The van der Waals surface area contributed by atoms with Crippen molar-refractivity contribution in [1.29, 1.82) is 0 Å². The molecule has 1 amide bonds. The van der Waals surface area contributed by atoms with Gasteiger partial charge in [0.25, 0.3) is 5.56 Å². The fourth-order valence-electron chi connectivity index (χ4n) is 3.11. The molecule has 146 valence electrons. The zero-order valence-electron chi connectivity index (χ0n) is 14.8. The van der Waals surface area contributed by atoms with Crippen LogP contribution in [0.15, 0.2) is 29.3 Å². The molecule has 7 nitrogen and oxygen atoms in total. The maximum Gasteiger partial charge on any atom is 0.273 e. The summed E-state index contributed by atoms with van der Waals surface area (Å²) in [5.74, 6) is -0.395. The van der Waals surface area contributed by atoms with Crippen LogP contribution >= 0.6 is 34.5 Å². The molecule has 0 radical (unpaired) electrons. The van der Waals surface area contributed by atoms with Gasteiger partial charge in [-0.3, -0.25) is 14.2 Å². The molecule has 1 aliphatic heterocycles. The summed E-state index contributed by atoms with van der Waals surface area (Å²) in [6, 6.07) is 4.78. The van der Waals surface area contributed by atoms with Crippen LogP contribution in [0.4, 0.5) is 10.8 Å². The van der Waals surface area contributed by atoms with Crippen molar-refractivity contribution in [2.75, 3.05) is 23.3 Å². The summed E-state index contributed by atoms with van der Waals surface area (Å²) in [6.07, 6.45) is 4.82. The summed E-state index contributed by atoms with van der Waals surface area (Å²) >= 11 is 13.3. The van der Waals surface area contributed by atoms with E-state index in [9.17, 15) is 9.59 Å². The van der Waals surface area contributed by atoms with E-state index in [-0.39, 0.29) is 12.1 Å². The summed E-state index contributed by atoms with van der Waals surface area (Å²) in [7, 11) is 0. The quantitative estimate of drug-likeness (QED) is 0.671. The maximum atomic E-state index is 12.8. The molecule has 1 fully saturated rings. The third kappa shape index (κ3) is 3.99. The van der Waals surface area contributed by atoms with E-state index in [4.69, 9.17) is 23.2 Å². The summed E-state index contributed by atoms with van der Waals surface area (Å²) in [6.45, 7) is 1.70. The Morgan fingerprint density at radius 2 is 2.00 bits per heavy atom. The van der Waals surface area contributed by atoms with E-state index >= 15 is 0 Å². The molecule has 0 aliphatic carbocycles. The van der Waals surface area contributed by atoms with Gasteiger partial charge in [-0.25, -0.2) is 4.98 Å². The molecule has 1 aliphatic rings. The van der Waals surface area contributed by atoms with E-state index < -0.39 is 5.91 Å². The molecule has 10 heteroatoms. The van der Waals surface area contributed by atoms with Gasteiger partial charge < -0.3 is 10.2 Å². The van der Waals surface area contributed by atoms with E-state index in [1.54, 1.807) is 18.2 Å². The van der Waals surface area contributed by atoms with Crippen LogP contribution in [0.1, 0.15) is 19.3 Å². The number of nitrogens with one attached hydrogen (secondary N) is 1. The summed E-state index contributed by atoms with van der Waals surface area (Å²) < 4.78 is 1.73. The fourth-order valence-corrected chi connectivity index (χ4v) is 4.46. The largest absolute Gasteiger partial charge is 0.348 e. The number of thiazole rings is 1. The van der Waals surface area contributed by atoms with Crippen molar-refractivity contribution in [3.8, 4) is 0 Å². The second kappa shape index (κ2) is 8.06. The van der Waals surface area contributed by atoms with Gasteiger partial charge >= 0.3 is 0 Å². The first kappa shape index (κ1) is 19.2. The molecule has 28 heavy (non-hydrogen) atoms. The molecule has 3 heterocycles. The minimum atomic E-state index is -0.395. The van der Waals surface area contributed by atoms with Gasteiger partial charge in [0.05, 0.1) is 10.7 Å². The van der Waals surface area contributed by atoms with Crippen molar-refractivity contribution in [3.63, 3.8) is 0 Å². The number of hydrogen-bond acceptors (Lipinski definition) is 6. The number of fused-ring (bicyclic) bond motifs is 1. The number of hydrogen-bond donors (Lipinski definition) is 1. The molecule has 0 spiro atoms. The van der Waals surface area contributed by atoms with Crippen LogP contribution < -0.4 is 15.8 Å². The van der Waals surface area contributed by atoms with Crippen LogP contribution in [0, 0.1) is 0 Å². The number of carbonyl (C=O) groups excluding carboxylic acids is 1. The summed E-state index contributed by atoms with van der Waals surface area (Å²) in [5, 5.41) is 4.30. The second-order valence-corrected chi connectivity index (χ2v) is 8.37. The minimum Gasteiger partial charge on any atom is -0.348 e. The number of rotatable bonds is 4. The Kier molecular flexibility index (Phi) is 5.52. The molecule has 0 atom stereocenters. The number of anilines is 2. The Bertz CT molecular complexity index is 1090. The van der Waals surface area contributed by atoms with Crippen molar-refractivity contribution in [2.24, 2.45) is 0 Å². The molecule has 2 aromatic heterocycles. The lowest BCUT2D eigenvalue weighted by Crippen LogP contribution is -2.29. The lowest BCUT2D eigenvalue weighted by Gasteiger charge is -2.25. The second-order valence-electron chi connectivity index (χ2n) is 6.55. The van der Waals surface area contributed by atoms with Gasteiger partial charge in [0.1, 0.15) is 17.6 Å². The average Bonchev–Trinajstić information content (AvgIpc) is 3.13. The number of benzene rings is 1. The molecular weight excluding hydrogens is 421 g/mol. The van der Waals surface area contributed by atoms with Gasteiger partial charge in [0.15, 0.2) is 10.8 Å². The first-order valence-electron chi connectivity index (χ1n) is 8.87. The smallest absolute Gasteiger partial charge is 0.273 e. The molecule has 3 aromatic rings. The van der Waals surface area contributed by atoms with Gasteiger partial charge in [-0.15, -0.1) is 0 Å². The number of carbonyl (C=O) groups is 1. The fraction of sp³-hybridized carbons (Fsp3) is 0.333. The minimum absolute atomic E-state index is 0.179. The van der Waals surface area contributed by atoms with E-state index in [2.05, 4.69) is 20.2 Å². The predicted octanol–water partition coefficient (Wildman–Crippen LogP) is 3.79. The van der Waals surface area contributed by atoms with Gasteiger partial charge in [0.2, 0.25) is 5.91 Å². The van der Waals surface area contributed by atoms with Crippen LogP contribution in [0.25, 0.3) is 10.3 Å². The highest BCUT2D eigenvalue weighted by Crippen LogP contribution is 2.28. The Labute approximate surface area is 174 Å². The maximum absolute atomic E-state index is 12.8. The van der Waals surface area contributed by atoms with Crippen LogP contribution in [0.5, 0.6) is 0 Å². The Hall–Kier alpha value is -2.16. The van der Waals surface area contributed by atoms with Crippen LogP contribution in [0.3, 0.4) is 0 Å². The molecule has 0 saturated carbocycles. The molecular formula is C18H17Cl2N5O2S. The Morgan fingerprint density at radius 3 is 2.79 bits per heavy atom. The first-order valence-corrected chi connectivity index (χ1v) is 10.4. The predicted molar refractivity (Wildman–Crippen MR) is 113 cm³/mol. The normalized spacial score (nSPS) is 14.4. The summed E-state index contributed by atoms with van der Waals surface area (Å²) in [5.41, 5.74) is 0.537. The number of halogens is 2. The monoisotopic (exact) mass is 437 g/mol. The van der Waals surface area contributed by atoms with Crippen molar-refractivity contribution in [2.45, 2.75) is 25.8 Å². The van der Waals surface area contributed by atoms with E-state index in [0.29, 0.717) is 26.1 Å². The lowest BCUT2D eigenvalue weighted by molar-refractivity contribution is -0.116. The van der Waals surface area contributed by atoms with Gasteiger partial charge in [-0.05, 0) is 37.5 Å². The Balaban J connectivity index is 1.55. The third-order valence-corrected chi connectivity index (χ3v) is 6.17. The zero-order valence-corrected chi connectivity index (χ0v) is 17.1. The van der Waals surface area contributed by atoms with Crippen LogP contribution in [-0.4, -0.2) is 33.5 Å². The van der Waals surface area contributed by atoms with Crippen LogP contribution in [-0.2, 0) is 11.3 Å². The molecule has 1 N–H and O–H groups in total. The third-order valence-electron chi connectivity index (χ3n) is 4.52. The molecule has 4 rings (SSSR count). The topological polar surface area (TPSA) is 80.1 Å². The van der Waals surface area contributed by atoms with Crippen molar-refractivity contribution in [3.05, 3.63) is 44.9 Å². The highest BCUT2D eigenvalue weighted by molar-refractivity contribution is 7.22. The number of piperidine rings is 1. The number of aromatic nitrogens is 3.